The fraction of sp³-hybridized carbons (Fsp3) is 0.250. The summed E-state index contributed by atoms with van der Waals surface area (Å²) in [6, 6.07) is 15.3. The fourth-order valence-corrected chi connectivity index (χ4v) is 3.72. The lowest BCUT2D eigenvalue weighted by molar-refractivity contribution is -0.119. The highest BCUT2D eigenvalue weighted by Crippen LogP contribution is 2.37. The number of hydrogen-bond donors (Lipinski definition) is 1. The molecule has 1 unspecified atom stereocenters. The number of fused-ring (bicyclic) bond motifs is 1. The summed E-state index contributed by atoms with van der Waals surface area (Å²) in [4.78, 5) is 34.2. The molecule has 1 aliphatic carbocycles. The van der Waals surface area contributed by atoms with Gasteiger partial charge in [-0.1, -0.05) is 29.8 Å². The molecule has 154 valence electrons. The number of carbonyl (C=O) groups excluding carboxylic acids is 2. The zero-order valence-electron chi connectivity index (χ0n) is 17.3. The lowest BCUT2D eigenvalue weighted by Crippen LogP contribution is -2.40. The highest BCUT2D eigenvalue weighted by atomic mass is 16.2. The van der Waals surface area contributed by atoms with Crippen molar-refractivity contribution in [1.29, 1.82) is 0 Å². The van der Waals surface area contributed by atoms with Crippen molar-refractivity contribution in [3.8, 4) is 0 Å². The Hall–Kier alpha value is -3.54. The maximum Gasteiger partial charge on any atom is 0.256 e. The van der Waals surface area contributed by atoms with Crippen LogP contribution in [0, 0.1) is 13.8 Å². The minimum atomic E-state index is -0.509. The minimum Gasteiger partial charge on any atom is -0.368 e. The number of pyridine rings is 2. The molecule has 2 amide bonds. The number of primary amides is 1. The second-order valence-electron chi connectivity index (χ2n) is 7.32. The van der Waals surface area contributed by atoms with Gasteiger partial charge in [0.25, 0.3) is 5.91 Å². The van der Waals surface area contributed by atoms with E-state index >= 15 is 0 Å². The number of nitrogens with zero attached hydrogens (tertiary/aromatic N) is 3. The molecular formula is C24H26N4O2. The van der Waals surface area contributed by atoms with Gasteiger partial charge in [0.2, 0.25) is 5.91 Å². The van der Waals surface area contributed by atoms with Crippen LogP contribution in [0.3, 0.4) is 0 Å². The molecule has 0 bridgehead atoms. The average molecular weight is 402 g/mol. The minimum absolute atomic E-state index is 0.0921. The van der Waals surface area contributed by atoms with Crippen molar-refractivity contribution in [3.05, 3.63) is 95.1 Å². The SMILES string of the molecule is Cc1ccc2c(c1)CCC2N(CC(N)=O)C(=O)c1cccnc1C.c1ccncc1. The van der Waals surface area contributed by atoms with Gasteiger partial charge in [-0.2, -0.15) is 0 Å². The van der Waals surface area contributed by atoms with E-state index in [1.165, 1.54) is 11.1 Å². The van der Waals surface area contributed by atoms with Crippen molar-refractivity contribution >= 4 is 11.8 Å². The van der Waals surface area contributed by atoms with Crippen LogP contribution in [0.5, 0.6) is 0 Å². The van der Waals surface area contributed by atoms with Crippen LogP contribution in [0.4, 0.5) is 0 Å². The predicted molar refractivity (Wildman–Crippen MR) is 116 cm³/mol. The van der Waals surface area contributed by atoms with Gasteiger partial charge < -0.3 is 10.6 Å². The number of benzene rings is 1. The topological polar surface area (TPSA) is 89.2 Å². The van der Waals surface area contributed by atoms with Gasteiger partial charge in [-0.3, -0.25) is 19.6 Å². The Kier molecular flexibility index (Phi) is 6.91. The van der Waals surface area contributed by atoms with E-state index in [4.69, 9.17) is 5.73 Å². The van der Waals surface area contributed by atoms with Crippen LogP contribution in [0.15, 0.2) is 67.1 Å². The quantitative estimate of drug-likeness (QED) is 0.724. The molecule has 30 heavy (non-hydrogen) atoms. The van der Waals surface area contributed by atoms with Crippen LogP contribution in [0.1, 0.15) is 45.2 Å². The van der Waals surface area contributed by atoms with Gasteiger partial charge in [-0.15, -0.1) is 0 Å². The lowest BCUT2D eigenvalue weighted by atomic mass is 10.0. The summed E-state index contributed by atoms with van der Waals surface area (Å²) in [6.45, 7) is 3.76. The largest absolute Gasteiger partial charge is 0.368 e. The Balaban J connectivity index is 0.000000367. The van der Waals surface area contributed by atoms with E-state index in [0.29, 0.717) is 11.3 Å². The van der Waals surface area contributed by atoms with Crippen molar-refractivity contribution in [2.24, 2.45) is 5.73 Å². The molecule has 0 saturated heterocycles. The number of carbonyl (C=O) groups is 2. The summed E-state index contributed by atoms with van der Waals surface area (Å²) in [5.41, 5.74) is 10.1. The first kappa shape index (κ1) is 21.2. The van der Waals surface area contributed by atoms with E-state index in [9.17, 15) is 9.59 Å². The van der Waals surface area contributed by atoms with E-state index in [1.54, 1.807) is 42.5 Å². The molecule has 0 fully saturated rings. The van der Waals surface area contributed by atoms with Gasteiger partial charge in [-0.05, 0) is 62.1 Å². The summed E-state index contributed by atoms with van der Waals surface area (Å²) in [5.74, 6) is -0.705. The molecule has 1 atom stereocenters. The summed E-state index contributed by atoms with van der Waals surface area (Å²) in [6.07, 6.45) is 6.85. The van der Waals surface area contributed by atoms with Crippen LogP contribution in [-0.2, 0) is 11.2 Å². The van der Waals surface area contributed by atoms with Crippen molar-refractivity contribution < 1.29 is 9.59 Å². The third-order valence-corrected chi connectivity index (χ3v) is 5.11. The maximum absolute atomic E-state index is 13.0. The molecule has 2 heterocycles. The molecule has 0 radical (unpaired) electrons. The Labute approximate surface area is 176 Å². The molecule has 0 saturated carbocycles. The second-order valence-corrected chi connectivity index (χ2v) is 7.32. The van der Waals surface area contributed by atoms with Crippen LogP contribution in [-0.4, -0.2) is 33.2 Å². The molecule has 3 aromatic rings. The number of aromatic nitrogens is 2. The Morgan fingerprint density at radius 1 is 1.07 bits per heavy atom. The van der Waals surface area contributed by atoms with Crippen molar-refractivity contribution in [3.63, 3.8) is 0 Å². The zero-order valence-corrected chi connectivity index (χ0v) is 17.3. The Morgan fingerprint density at radius 2 is 1.83 bits per heavy atom. The average Bonchev–Trinajstić information content (AvgIpc) is 3.16. The molecular weight excluding hydrogens is 376 g/mol. The second kappa shape index (κ2) is 9.78. The molecule has 2 aromatic heterocycles. The third kappa shape index (κ3) is 5.08. The van der Waals surface area contributed by atoms with Crippen LogP contribution in [0.25, 0.3) is 0 Å². The lowest BCUT2D eigenvalue weighted by Gasteiger charge is -2.29. The van der Waals surface area contributed by atoms with Gasteiger partial charge in [0.15, 0.2) is 0 Å². The van der Waals surface area contributed by atoms with Gasteiger partial charge in [0.1, 0.15) is 6.54 Å². The molecule has 4 rings (SSSR count). The molecule has 6 nitrogen and oxygen atoms in total. The van der Waals surface area contributed by atoms with Crippen LogP contribution >= 0.6 is 0 Å². The number of aryl methyl sites for hydroxylation is 3. The molecule has 1 aliphatic rings. The van der Waals surface area contributed by atoms with Crippen molar-refractivity contribution in [2.45, 2.75) is 32.7 Å². The molecule has 2 N–H and O–H groups in total. The normalized spacial score (nSPS) is 14.3. The summed E-state index contributed by atoms with van der Waals surface area (Å²) in [5, 5.41) is 0. The maximum atomic E-state index is 13.0. The first-order valence-electron chi connectivity index (χ1n) is 9.92. The number of hydrogen-bond acceptors (Lipinski definition) is 4. The first-order valence-corrected chi connectivity index (χ1v) is 9.92. The number of nitrogens with two attached hydrogens (primary N) is 1. The van der Waals surface area contributed by atoms with Gasteiger partial charge >= 0.3 is 0 Å². The molecule has 0 spiro atoms. The van der Waals surface area contributed by atoms with E-state index in [0.717, 1.165) is 18.4 Å². The third-order valence-electron chi connectivity index (χ3n) is 5.11. The monoisotopic (exact) mass is 402 g/mol. The van der Waals surface area contributed by atoms with E-state index < -0.39 is 5.91 Å². The fourth-order valence-electron chi connectivity index (χ4n) is 3.72. The van der Waals surface area contributed by atoms with Crippen LogP contribution in [0.2, 0.25) is 0 Å². The van der Waals surface area contributed by atoms with Gasteiger partial charge in [0.05, 0.1) is 11.6 Å². The molecule has 6 heteroatoms. The Bertz CT molecular complexity index is 994. The van der Waals surface area contributed by atoms with Gasteiger partial charge in [0, 0.05) is 24.3 Å². The highest BCUT2D eigenvalue weighted by molar-refractivity contribution is 5.97. The van der Waals surface area contributed by atoms with E-state index in [1.807, 2.05) is 24.3 Å². The molecule has 1 aromatic carbocycles. The molecule has 0 aliphatic heterocycles. The predicted octanol–water partition coefficient (Wildman–Crippen LogP) is 3.40. The van der Waals surface area contributed by atoms with E-state index in [-0.39, 0.29) is 18.5 Å². The standard InChI is InChI=1S/C19H21N3O2.C5H5N/c1-12-5-7-16-14(10-12)6-8-17(16)22(11-18(20)23)19(24)15-4-3-9-21-13(15)2;1-2-4-6-5-3-1/h3-5,7,9-10,17H,6,8,11H2,1-2H3,(H2,20,23);1-5H. The summed E-state index contributed by atoms with van der Waals surface area (Å²) < 4.78 is 0. The zero-order chi connectivity index (χ0) is 21.5. The number of rotatable bonds is 4. The number of amides is 2. The summed E-state index contributed by atoms with van der Waals surface area (Å²) in [7, 11) is 0. The van der Waals surface area contributed by atoms with Crippen molar-refractivity contribution in [2.75, 3.05) is 6.54 Å². The smallest absolute Gasteiger partial charge is 0.256 e. The van der Waals surface area contributed by atoms with Crippen LogP contribution < -0.4 is 5.73 Å². The van der Waals surface area contributed by atoms with E-state index in [2.05, 4.69) is 29.0 Å². The van der Waals surface area contributed by atoms with Crippen molar-refractivity contribution in [1.82, 2.24) is 14.9 Å². The first-order chi connectivity index (χ1) is 14.5. The summed E-state index contributed by atoms with van der Waals surface area (Å²) >= 11 is 0. The Morgan fingerprint density at radius 3 is 2.43 bits per heavy atom. The highest BCUT2D eigenvalue weighted by Gasteiger charge is 2.33. The van der Waals surface area contributed by atoms with Gasteiger partial charge in [-0.25, -0.2) is 0 Å².